The Labute approximate surface area is 158 Å². The average Bonchev–Trinajstić information content (AvgIpc) is 2.84. The third-order valence-electron chi connectivity index (χ3n) is 4.80. The predicted molar refractivity (Wildman–Crippen MR) is 106 cm³/mol. The van der Waals surface area contributed by atoms with Crippen molar-refractivity contribution in [3.05, 3.63) is 101 Å². The normalized spacial score (nSPS) is 16.3. The van der Waals surface area contributed by atoms with E-state index in [4.69, 9.17) is 0 Å². The number of hydrogen-bond acceptors (Lipinski definition) is 2. The number of anilines is 1. The van der Waals surface area contributed by atoms with Crippen molar-refractivity contribution in [1.29, 1.82) is 0 Å². The number of amides is 2. The fraction of sp³-hybridized carbons (Fsp3) is 0.130. The molecule has 1 aliphatic rings. The zero-order valence-electron chi connectivity index (χ0n) is 15.1. The van der Waals surface area contributed by atoms with Gasteiger partial charge in [-0.15, -0.1) is 0 Å². The summed E-state index contributed by atoms with van der Waals surface area (Å²) in [7, 11) is 0. The van der Waals surface area contributed by atoms with E-state index in [9.17, 15) is 9.59 Å². The van der Waals surface area contributed by atoms with Gasteiger partial charge in [-0.3, -0.25) is 9.59 Å². The van der Waals surface area contributed by atoms with Crippen molar-refractivity contribution in [2.24, 2.45) is 0 Å². The molecule has 0 saturated carbocycles. The summed E-state index contributed by atoms with van der Waals surface area (Å²) in [5.41, 5.74) is 4.31. The smallest absolute Gasteiger partial charge is 0.255 e. The summed E-state index contributed by atoms with van der Waals surface area (Å²) in [6.45, 7) is 2.01. The monoisotopic (exact) mass is 356 g/mol. The Bertz CT molecular complexity index is 984. The first-order chi connectivity index (χ1) is 13.1. The van der Waals surface area contributed by atoms with Crippen LogP contribution in [0, 0.1) is 6.92 Å². The number of nitrogens with zero attached hydrogens (tertiary/aromatic N) is 1. The molecule has 0 bridgehead atoms. The lowest BCUT2D eigenvalue weighted by molar-refractivity contribution is -0.117. The van der Waals surface area contributed by atoms with E-state index in [2.05, 4.69) is 5.32 Å². The van der Waals surface area contributed by atoms with Crippen LogP contribution in [0.4, 0.5) is 5.69 Å². The average molecular weight is 356 g/mol. The molecule has 2 amide bonds. The molecule has 1 aliphatic heterocycles. The number of carbonyl (C=O) groups is 2. The molecular formula is C23H20N2O2. The number of benzene rings is 3. The van der Waals surface area contributed by atoms with Gasteiger partial charge in [0.05, 0.1) is 6.04 Å². The van der Waals surface area contributed by atoms with Crippen LogP contribution in [0.1, 0.15) is 33.1 Å². The fourth-order valence-electron chi connectivity index (χ4n) is 3.56. The Morgan fingerprint density at radius 2 is 1.63 bits per heavy atom. The van der Waals surface area contributed by atoms with Crippen LogP contribution in [0.2, 0.25) is 0 Å². The zero-order chi connectivity index (χ0) is 18.8. The lowest BCUT2D eigenvalue weighted by Gasteiger charge is -2.31. The van der Waals surface area contributed by atoms with Crippen molar-refractivity contribution in [3.8, 4) is 0 Å². The standard InChI is InChI=1S/C23H20N2O2/c1-16-12-13-20-19(14-16)22(17-8-4-2-5-9-17)25(15-21(26)24-20)23(27)18-10-6-3-7-11-18/h2-14,22H,15H2,1H3,(H,24,26)/t22-/m0/s1. The summed E-state index contributed by atoms with van der Waals surface area (Å²) in [4.78, 5) is 27.5. The number of fused-ring (bicyclic) bond motifs is 1. The van der Waals surface area contributed by atoms with Crippen molar-refractivity contribution >= 4 is 17.5 Å². The minimum atomic E-state index is -0.340. The first-order valence-electron chi connectivity index (χ1n) is 8.95. The van der Waals surface area contributed by atoms with Crippen molar-refractivity contribution in [2.45, 2.75) is 13.0 Å². The fourth-order valence-corrected chi connectivity index (χ4v) is 3.56. The molecule has 0 radical (unpaired) electrons. The summed E-state index contributed by atoms with van der Waals surface area (Å²) < 4.78 is 0. The van der Waals surface area contributed by atoms with E-state index in [1.807, 2.05) is 73.7 Å². The van der Waals surface area contributed by atoms with Gasteiger partial charge in [0.25, 0.3) is 5.91 Å². The summed E-state index contributed by atoms with van der Waals surface area (Å²) >= 11 is 0. The van der Waals surface area contributed by atoms with E-state index in [1.54, 1.807) is 17.0 Å². The van der Waals surface area contributed by atoms with Crippen molar-refractivity contribution in [1.82, 2.24) is 4.90 Å². The van der Waals surface area contributed by atoms with Gasteiger partial charge in [-0.2, -0.15) is 0 Å². The first kappa shape index (κ1) is 17.0. The zero-order valence-corrected chi connectivity index (χ0v) is 15.1. The van der Waals surface area contributed by atoms with Gasteiger partial charge in [0.2, 0.25) is 5.91 Å². The van der Waals surface area contributed by atoms with Crippen LogP contribution in [0.15, 0.2) is 78.9 Å². The first-order valence-corrected chi connectivity index (χ1v) is 8.95. The third-order valence-corrected chi connectivity index (χ3v) is 4.80. The van der Waals surface area contributed by atoms with Crippen LogP contribution in [0.3, 0.4) is 0 Å². The molecule has 0 aliphatic carbocycles. The molecule has 4 rings (SSSR count). The lowest BCUT2D eigenvalue weighted by atomic mass is 9.94. The highest BCUT2D eigenvalue weighted by Crippen LogP contribution is 2.37. The van der Waals surface area contributed by atoms with Crippen molar-refractivity contribution in [3.63, 3.8) is 0 Å². The second-order valence-corrected chi connectivity index (χ2v) is 6.75. The van der Waals surface area contributed by atoms with Gasteiger partial charge >= 0.3 is 0 Å². The molecule has 1 atom stereocenters. The molecule has 3 aromatic carbocycles. The molecule has 0 saturated heterocycles. The molecule has 4 nitrogen and oxygen atoms in total. The van der Waals surface area contributed by atoms with Crippen LogP contribution in [-0.2, 0) is 4.79 Å². The number of nitrogens with one attached hydrogen (secondary N) is 1. The van der Waals surface area contributed by atoms with Gasteiger partial charge in [0.15, 0.2) is 0 Å². The predicted octanol–water partition coefficient (Wildman–Crippen LogP) is 4.18. The van der Waals surface area contributed by atoms with E-state index >= 15 is 0 Å². The minimum Gasteiger partial charge on any atom is -0.324 e. The summed E-state index contributed by atoms with van der Waals surface area (Å²) in [6, 6.07) is 24.5. The van der Waals surface area contributed by atoms with Crippen LogP contribution in [-0.4, -0.2) is 23.3 Å². The van der Waals surface area contributed by atoms with Gasteiger partial charge in [0, 0.05) is 16.8 Å². The summed E-state index contributed by atoms with van der Waals surface area (Å²) in [5.74, 6) is -0.350. The van der Waals surface area contributed by atoms with Crippen LogP contribution in [0.25, 0.3) is 0 Å². The quantitative estimate of drug-likeness (QED) is 0.749. The molecule has 0 unspecified atom stereocenters. The maximum atomic E-state index is 13.3. The van der Waals surface area contributed by atoms with Gasteiger partial charge in [0.1, 0.15) is 6.54 Å². The van der Waals surface area contributed by atoms with Gasteiger partial charge in [-0.25, -0.2) is 0 Å². The number of hydrogen-bond donors (Lipinski definition) is 1. The maximum absolute atomic E-state index is 13.3. The molecule has 0 fully saturated rings. The Balaban J connectivity index is 1.90. The largest absolute Gasteiger partial charge is 0.324 e. The highest BCUT2D eigenvalue weighted by Gasteiger charge is 2.33. The van der Waals surface area contributed by atoms with Gasteiger partial charge < -0.3 is 10.2 Å². The molecule has 0 aromatic heterocycles. The van der Waals surface area contributed by atoms with E-state index in [-0.39, 0.29) is 24.4 Å². The molecule has 4 heteroatoms. The summed E-state index contributed by atoms with van der Waals surface area (Å²) in [6.07, 6.45) is 0. The van der Waals surface area contributed by atoms with Gasteiger partial charge in [-0.1, -0.05) is 66.2 Å². The molecule has 27 heavy (non-hydrogen) atoms. The van der Waals surface area contributed by atoms with Crippen molar-refractivity contribution in [2.75, 3.05) is 11.9 Å². The molecule has 1 N–H and O–H groups in total. The molecule has 134 valence electrons. The highest BCUT2D eigenvalue weighted by molar-refractivity contribution is 6.01. The number of aryl methyl sites for hydroxylation is 1. The molecular weight excluding hydrogens is 336 g/mol. The van der Waals surface area contributed by atoms with Crippen molar-refractivity contribution < 1.29 is 9.59 Å². The van der Waals surface area contributed by atoms with Crippen LogP contribution in [0.5, 0.6) is 0 Å². The summed E-state index contributed by atoms with van der Waals surface area (Å²) in [5, 5.41) is 2.95. The van der Waals surface area contributed by atoms with E-state index < -0.39 is 0 Å². The topological polar surface area (TPSA) is 49.4 Å². The number of rotatable bonds is 2. The molecule has 0 spiro atoms. The van der Waals surface area contributed by atoms with E-state index in [1.165, 1.54) is 0 Å². The number of carbonyl (C=O) groups excluding carboxylic acids is 2. The lowest BCUT2D eigenvalue weighted by Crippen LogP contribution is -2.38. The van der Waals surface area contributed by atoms with Gasteiger partial charge in [-0.05, 0) is 30.7 Å². The minimum absolute atomic E-state index is 0.00101. The maximum Gasteiger partial charge on any atom is 0.255 e. The Hall–Kier alpha value is -3.40. The van der Waals surface area contributed by atoms with E-state index in [0.29, 0.717) is 5.56 Å². The third kappa shape index (κ3) is 3.34. The highest BCUT2D eigenvalue weighted by atomic mass is 16.2. The second kappa shape index (κ2) is 7.08. The Morgan fingerprint density at radius 3 is 2.33 bits per heavy atom. The second-order valence-electron chi connectivity index (χ2n) is 6.75. The van der Waals surface area contributed by atoms with Crippen LogP contribution < -0.4 is 5.32 Å². The Kier molecular flexibility index (Phi) is 4.47. The van der Waals surface area contributed by atoms with Crippen LogP contribution >= 0.6 is 0 Å². The molecule has 3 aromatic rings. The molecule has 1 heterocycles. The van der Waals surface area contributed by atoms with E-state index in [0.717, 1.165) is 22.4 Å². The Morgan fingerprint density at radius 1 is 0.963 bits per heavy atom. The SMILES string of the molecule is Cc1ccc2c(c1)[C@H](c1ccccc1)N(C(=O)c1ccccc1)CC(=O)N2.